The summed E-state index contributed by atoms with van der Waals surface area (Å²) in [4.78, 5) is 12.4. The zero-order valence-corrected chi connectivity index (χ0v) is 12.1. The maximum atomic E-state index is 12.0. The van der Waals surface area contributed by atoms with Crippen LogP contribution in [0.2, 0.25) is 0 Å². The predicted octanol–water partition coefficient (Wildman–Crippen LogP) is 3.13. The number of carbonyl (C=O) groups is 1. The van der Waals surface area contributed by atoms with Gasteiger partial charge in [0.1, 0.15) is 5.75 Å². The molecule has 3 nitrogen and oxygen atoms in total. The van der Waals surface area contributed by atoms with E-state index >= 15 is 0 Å². The van der Waals surface area contributed by atoms with Gasteiger partial charge in [0.2, 0.25) is 0 Å². The highest BCUT2D eigenvalue weighted by Gasteiger charge is 2.26. The number of ether oxygens (including phenoxy) is 1. The lowest BCUT2D eigenvalue weighted by atomic mass is 10.1. The fraction of sp³-hybridized carbons (Fsp3) is 0.500. The summed E-state index contributed by atoms with van der Waals surface area (Å²) in [5.74, 6) is 0.794. The summed E-state index contributed by atoms with van der Waals surface area (Å²) in [6.45, 7) is 2.58. The summed E-state index contributed by atoms with van der Waals surface area (Å²) in [6.07, 6.45) is 3.36. The summed E-state index contributed by atoms with van der Waals surface area (Å²) in [5, 5.41) is 3.07. The van der Waals surface area contributed by atoms with Gasteiger partial charge in [-0.1, -0.05) is 22.4 Å². The van der Waals surface area contributed by atoms with Gasteiger partial charge in [-0.05, 0) is 44.0 Å². The van der Waals surface area contributed by atoms with Crippen molar-refractivity contribution < 1.29 is 9.53 Å². The smallest absolute Gasteiger partial charge is 0.251 e. The minimum Gasteiger partial charge on any atom is -0.494 e. The number of rotatable bonds is 4. The highest BCUT2D eigenvalue weighted by atomic mass is 79.9. The van der Waals surface area contributed by atoms with Crippen LogP contribution in [0, 0.1) is 0 Å². The molecule has 1 aromatic rings. The molecule has 0 bridgehead atoms. The number of nitrogens with one attached hydrogen (secondary N) is 1. The molecule has 98 valence electrons. The molecule has 2 rings (SSSR count). The number of alkyl halides is 1. The van der Waals surface area contributed by atoms with Crippen LogP contribution in [-0.4, -0.2) is 23.4 Å². The molecule has 1 N–H and O–H groups in total. The van der Waals surface area contributed by atoms with E-state index in [4.69, 9.17) is 4.74 Å². The van der Waals surface area contributed by atoms with Crippen molar-refractivity contribution in [3.63, 3.8) is 0 Å². The SMILES string of the molecule is CCOc1ccc(C(=O)NC2CCCC2Br)cc1. The summed E-state index contributed by atoms with van der Waals surface area (Å²) >= 11 is 3.60. The molecule has 0 aromatic heterocycles. The average molecular weight is 312 g/mol. The van der Waals surface area contributed by atoms with Crippen LogP contribution in [0.4, 0.5) is 0 Å². The number of hydrogen-bond acceptors (Lipinski definition) is 2. The molecular formula is C14H18BrNO2. The van der Waals surface area contributed by atoms with E-state index in [1.54, 1.807) is 12.1 Å². The second-order valence-corrected chi connectivity index (χ2v) is 5.66. The fourth-order valence-electron chi connectivity index (χ4n) is 2.20. The van der Waals surface area contributed by atoms with E-state index in [1.807, 2.05) is 19.1 Å². The first-order valence-corrected chi connectivity index (χ1v) is 7.30. The monoisotopic (exact) mass is 311 g/mol. The molecule has 1 amide bonds. The average Bonchev–Trinajstić information content (AvgIpc) is 2.76. The maximum Gasteiger partial charge on any atom is 0.251 e. The van der Waals surface area contributed by atoms with Crippen molar-refractivity contribution in [2.45, 2.75) is 37.1 Å². The zero-order chi connectivity index (χ0) is 13.0. The van der Waals surface area contributed by atoms with E-state index in [0.29, 0.717) is 17.0 Å². The number of hydrogen-bond donors (Lipinski definition) is 1. The minimum atomic E-state index is -0.00519. The molecule has 1 saturated carbocycles. The van der Waals surface area contributed by atoms with Gasteiger partial charge in [-0.2, -0.15) is 0 Å². The number of benzene rings is 1. The van der Waals surface area contributed by atoms with Gasteiger partial charge >= 0.3 is 0 Å². The van der Waals surface area contributed by atoms with E-state index in [-0.39, 0.29) is 11.9 Å². The summed E-state index contributed by atoms with van der Waals surface area (Å²) < 4.78 is 5.35. The van der Waals surface area contributed by atoms with Gasteiger partial charge in [0, 0.05) is 16.4 Å². The van der Waals surface area contributed by atoms with Gasteiger partial charge in [-0.3, -0.25) is 4.79 Å². The Kier molecular flexibility index (Phi) is 4.64. The lowest BCUT2D eigenvalue weighted by molar-refractivity contribution is 0.0939. The number of halogens is 1. The van der Waals surface area contributed by atoms with E-state index in [1.165, 1.54) is 6.42 Å². The van der Waals surface area contributed by atoms with Crippen molar-refractivity contribution in [3.05, 3.63) is 29.8 Å². The Bertz CT molecular complexity index is 405. The second-order valence-electron chi connectivity index (χ2n) is 4.48. The van der Waals surface area contributed by atoms with Gasteiger partial charge in [0.25, 0.3) is 5.91 Å². The largest absolute Gasteiger partial charge is 0.494 e. The Morgan fingerprint density at radius 1 is 1.39 bits per heavy atom. The van der Waals surface area contributed by atoms with Crippen LogP contribution in [0.3, 0.4) is 0 Å². The van der Waals surface area contributed by atoms with Crippen LogP contribution in [0.25, 0.3) is 0 Å². The van der Waals surface area contributed by atoms with E-state index in [2.05, 4.69) is 21.2 Å². The molecule has 0 heterocycles. The number of amides is 1. The van der Waals surface area contributed by atoms with Crippen LogP contribution in [0.5, 0.6) is 5.75 Å². The van der Waals surface area contributed by atoms with E-state index in [9.17, 15) is 4.79 Å². The Morgan fingerprint density at radius 2 is 2.11 bits per heavy atom. The quantitative estimate of drug-likeness (QED) is 0.868. The van der Waals surface area contributed by atoms with Gasteiger partial charge in [0.15, 0.2) is 0 Å². The molecule has 2 atom stereocenters. The lowest BCUT2D eigenvalue weighted by Gasteiger charge is -2.16. The Morgan fingerprint density at radius 3 is 2.67 bits per heavy atom. The first kappa shape index (κ1) is 13.4. The van der Waals surface area contributed by atoms with Crippen molar-refractivity contribution in [1.29, 1.82) is 0 Å². The highest BCUT2D eigenvalue weighted by molar-refractivity contribution is 9.09. The molecule has 0 saturated heterocycles. The molecule has 1 aliphatic carbocycles. The number of carbonyl (C=O) groups excluding carboxylic acids is 1. The molecule has 2 unspecified atom stereocenters. The van der Waals surface area contributed by atoms with Crippen molar-refractivity contribution in [2.24, 2.45) is 0 Å². The predicted molar refractivity (Wildman–Crippen MR) is 75.4 cm³/mol. The van der Waals surface area contributed by atoms with E-state index in [0.717, 1.165) is 18.6 Å². The molecule has 4 heteroatoms. The fourth-order valence-corrected chi connectivity index (χ4v) is 2.92. The van der Waals surface area contributed by atoms with Crippen LogP contribution >= 0.6 is 15.9 Å². The third kappa shape index (κ3) is 3.25. The molecule has 0 radical (unpaired) electrons. The molecule has 1 aromatic carbocycles. The van der Waals surface area contributed by atoms with Gasteiger partial charge in [-0.15, -0.1) is 0 Å². The Balaban J connectivity index is 1.96. The normalized spacial score (nSPS) is 22.8. The molecule has 18 heavy (non-hydrogen) atoms. The highest BCUT2D eigenvalue weighted by Crippen LogP contribution is 2.25. The van der Waals surface area contributed by atoms with Crippen LogP contribution in [-0.2, 0) is 0 Å². The molecular weight excluding hydrogens is 294 g/mol. The lowest BCUT2D eigenvalue weighted by Crippen LogP contribution is -2.37. The van der Waals surface area contributed by atoms with E-state index < -0.39 is 0 Å². The topological polar surface area (TPSA) is 38.3 Å². The third-order valence-corrected chi connectivity index (χ3v) is 4.27. The van der Waals surface area contributed by atoms with Crippen LogP contribution < -0.4 is 10.1 Å². The van der Waals surface area contributed by atoms with Crippen molar-refractivity contribution in [3.8, 4) is 5.75 Å². The summed E-state index contributed by atoms with van der Waals surface area (Å²) in [5.41, 5.74) is 0.685. The van der Waals surface area contributed by atoms with Crippen molar-refractivity contribution in [1.82, 2.24) is 5.32 Å². The molecule has 1 aliphatic rings. The van der Waals surface area contributed by atoms with Crippen LogP contribution in [0.15, 0.2) is 24.3 Å². The van der Waals surface area contributed by atoms with Gasteiger partial charge in [-0.25, -0.2) is 0 Å². The standard InChI is InChI=1S/C14H18BrNO2/c1-2-18-11-8-6-10(7-9-11)14(17)16-13-5-3-4-12(13)15/h6-9,12-13H,2-5H2,1H3,(H,16,17). The third-order valence-electron chi connectivity index (χ3n) is 3.18. The second kappa shape index (κ2) is 6.23. The Hall–Kier alpha value is -1.03. The summed E-state index contributed by atoms with van der Waals surface area (Å²) in [6, 6.07) is 7.53. The summed E-state index contributed by atoms with van der Waals surface area (Å²) in [7, 11) is 0. The Labute approximate surface area is 116 Å². The maximum absolute atomic E-state index is 12.0. The molecule has 1 fully saturated rings. The molecule has 0 spiro atoms. The van der Waals surface area contributed by atoms with Crippen molar-refractivity contribution in [2.75, 3.05) is 6.61 Å². The van der Waals surface area contributed by atoms with Gasteiger partial charge < -0.3 is 10.1 Å². The van der Waals surface area contributed by atoms with Crippen molar-refractivity contribution >= 4 is 21.8 Å². The first-order chi connectivity index (χ1) is 8.70. The first-order valence-electron chi connectivity index (χ1n) is 6.38. The zero-order valence-electron chi connectivity index (χ0n) is 10.5. The van der Waals surface area contributed by atoms with Crippen LogP contribution in [0.1, 0.15) is 36.5 Å². The van der Waals surface area contributed by atoms with Gasteiger partial charge in [0.05, 0.1) is 6.61 Å². The minimum absolute atomic E-state index is 0.00519. The molecule has 0 aliphatic heterocycles.